The maximum absolute atomic E-state index is 11.8. The van der Waals surface area contributed by atoms with Crippen LogP contribution in [0.25, 0.3) is 10.9 Å². The fourth-order valence-corrected chi connectivity index (χ4v) is 3.93. The van der Waals surface area contributed by atoms with E-state index < -0.39 is 0 Å². The van der Waals surface area contributed by atoms with Gasteiger partial charge in [-0.3, -0.25) is 14.3 Å². The molecule has 0 fully saturated rings. The second kappa shape index (κ2) is 3.90. The summed E-state index contributed by atoms with van der Waals surface area (Å²) in [6, 6.07) is 1.59. The first-order valence-corrected chi connectivity index (χ1v) is 7.03. The molecule has 17 heavy (non-hydrogen) atoms. The van der Waals surface area contributed by atoms with Crippen molar-refractivity contribution in [3.63, 3.8) is 0 Å². The number of nitrogens with zero attached hydrogens (tertiary/aromatic N) is 1. The second-order valence-corrected chi connectivity index (χ2v) is 5.96. The van der Waals surface area contributed by atoms with E-state index in [1.165, 1.54) is 0 Å². The molecule has 0 amide bonds. The molecule has 3 rings (SSSR count). The van der Waals surface area contributed by atoms with E-state index in [9.17, 15) is 9.59 Å². The van der Waals surface area contributed by atoms with Crippen molar-refractivity contribution in [2.24, 2.45) is 0 Å². The third-order valence-electron chi connectivity index (χ3n) is 2.69. The zero-order valence-electron chi connectivity index (χ0n) is 8.42. The Morgan fingerprint density at radius 1 is 1.47 bits per heavy atom. The largest absolute Gasteiger partial charge is 0.328 e. The van der Waals surface area contributed by atoms with Crippen LogP contribution in [0.15, 0.2) is 25.0 Å². The van der Waals surface area contributed by atoms with E-state index >= 15 is 0 Å². The van der Waals surface area contributed by atoms with Crippen LogP contribution in [-0.4, -0.2) is 15.3 Å². The molecule has 1 aliphatic heterocycles. The summed E-state index contributed by atoms with van der Waals surface area (Å²) in [6.45, 7) is 0.595. The van der Waals surface area contributed by atoms with Crippen molar-refractivity contribution >= 4 is 50.2 Å². The van der Waals surface area contributed by atoms with Gasteiger partial charge in [0.05, 0.1) is 20.4 Å². The number of halogens is 2. The van der Waals surface area contributed by atoms with Crippen LogP contribution in [0.2, 0.25) is 5.02 Å². The van der Waals surface area contributed by atoms with Crippen LogP contribution < -0.4 is 11.2 Å². The summed E-state index contributed by atoms with van der Waals surface area (Å²) >= 11 is 11.1. The molecular weight excluding hydrogens is 328 g/mol. The minimum atomic E-state index is -0.389. The highest BCUT2D eigenvalue weighted by Gasteiger charge is 2.20. The first-order valence-electron chi connectivity index (χ1n) is 4.87. The number of hydrogen-bond donors (Lipinski definition) is 1. The van der Waals surface area contributed by atoms with Gasteiger partial charge in [-0.2, -0.15) is 0 Å². The molecule has 88 valence electrons. The zero-order chi connectivity index (χ0) is 12.2. The lowest BCUT2D eigenvalue weighted by Gasteiger charge is -2.19. The number of aromatic nitrogens is 2. The monoisotopic (exact) mass is 332 g/mol. The molecule has 4 nitrogen and oxygen atoms in total. The molecule has 0 spiro atoms. The lowest BCUT2D eigenvalue weighted by Crippen LogP contribution is -2.32. The van der Waals surface area contributed by atoms with Crippen LogP contribution in [0, 0.1) is 0 Å². The van der Waals surface area contributed by atoms with Gasteiger partial charge in [0, 0.05) is 17.2 Å². The summed E-state index contributed by atoms with van der Waals surface area (Å²) in [6.07, 6.45) is 0. The van der Waals surface area contributed by atoms with E-state index in [-0.39, 0.29) is 11.2 Å². The molecule has 2 aromatic rings. The van der Waals surface area contributed by atoms with Crippen molar-refractivity contribution in [3.8, 4) is 0 Å². The smallest absolute Gasteiger partial charge is 0.291 e. The Hall–Kier alpha value is -0.720. The average molecular weight is 334 g/mol. The van der Waals surface area contributed by atoms with Gasteiger partial charge in [0.25, 0.3) is 5.56 Å². The first-order chi connectivity index (χ1) is 8.09. The molecule has 0 saturated carbocycles. The average Bonchev–Trinajstić information content (AvgIpc) is 2.31. The molecule has 1 aromatic carbocycles. The Kier molecular flexibility index (Phi) is 2.61. The molecule has 0 radical (unpaired) electrons. The maximum atomic E-state index is 11.8. The first kappa shape index (κ1) is 11.4. The molecule has 2 heterocycles. The van der Waals surface area contributed by atoms with Crippen LogP contribution in [0.3, 0.4) is 0 Å². The molecular formula is C10H6BrClN2O2S. The number of thioether (sulfide) groups is 1. The Balaban J connectivity index is 2.66. The van der Waals surface area contributed by atoms with Crippen molar-refractivity contribution in [1.29, 1.82) is 0 Å². The number of rotatable bonds is 0. The van der Waals surface area contributed by atoms with Crippen LogP contribution in [0.1, 0.15) is 0 Å². The molecule has 1 aliphatic rings. The summed E-state index contributed by atoms with van der Waals surface area (Å²) in [7, 11) is 0. The van der Waals surface area contributed by atoms with E-state index in [1.54, 1.807) is 22.4 Å². The summed E-state index contributed by atoms with van der Waals surface area (Å²) in [5.41, 5.74) is -0.0797. The van der Waals surface area contributed by atoms with Crippen LogP contribution in [0.5, 0.6) is 0 Å². The van der Waals surface area contributed by atoms with Gasteiger partial charge in [-0.1, -0.05) is 11.6 Å². The van der Waals surface area contributed by atoms with Gasteiger partial charge in [-0.25, -0.2) is 4.79 Å². The lowest BCUT2D eigenvalue weighted by atomic mass is 10.2. The summed E-state index contributed by atoms with van der Waals surface area (Å²) in [5, 5.41) is 0.942. The van der Waals surface area contributed by atoms with Gasteiger partial charge in [-0.15, -0.1) is 11.8 Å². The third-order valence-corrected chi connectivity index (χ3v) is 5.38. The zero-order valence-corrected chi connectivity index (χ0v) is 11.6. The van der Waals surface area contributed by atoms with Gasteiger partial charge in [0.15, 0.2) is 0 Å². The van der Waals surface area contributed by atoms with Crippen molar-refractivity contribution in [2.45, 2.75) is 11.4 Å². The second-order valence-electron chi connectivity index (χ2n) is 3.66. The van der Waals surface area contributed by atoms with E-state index in [2.05, 4.69) is 20.9 Å². The number of nitrogens with one attached hydrogen (secondary N) is 1. The van der Waals surface area contributed by atoms with Crippen LogP contribution in [-0.2, 0) is 6.54 Å². The van der Waals surface area contributed by atoms with Gasteiger partial charge in [0.2, 0.25) is 0 Å². The van der Waals surface area contributed by atoms with Gasteiger partial charge >= 0.3 is 5.69 Å². The maximum Gasteiger partial charge on any atom is 0.328 e. The number of aryl methyl sites for hydroxylation is 1. The highest BCUT2D eigenvalue weighted by Crippen LogP contribution is 2.40. The quantitative estimate of drug-likeness (QED) is 0.804. The van der Waals surface area contributed by atoms with Gasteiger partial charge in [0.1, 0.15) is 0 Å². The molecule has 1 aromatic heterocycles. The highest BCUT2D eigenvalue weighted by molar-refractivity contribution is 9.10. The van der Waals surface area contributed by atoms with Gasteiger partial charge in [-0.05, 0) is 22.0 Å². The van der Waals surface area contributed by atoms with E-state index in [0.717, 1.165) is 15.1 Å². The van der Waals surface area contributed by atoms with E-state index in [4.69, 9.17) is 11.6 Å². The summed E-state index contributed by atoms with van der Waals surface area (Å²) < 4.78 is 2.33. The Morgan fingerprint density at radius 2 is 2.24 bits per heavy atom. The predicted octanol–water partition coefficient (Wildman–Crippen LogP) is 2.21. The fraction of sp³-hybridized carbons (Fsp3) is 0.200. The van der Waals surface area contributed by atoms with Crippen molar-refractivity contribution in [1.82, 2.24) is 9.55 Å². The van der Waals surface area contributed by atoms with Crippen LogP contribution in [0.4, 0.5) is 0 Å². The minimum absolute atomic E-state index is 0.363. The van der Waals surface area contributed by atoms with E-state index in [1.807, 2.05) is 0 Å². The highest BCUT2D eigenvalue weighted by atomic mass is 79.9. The Morgan fingerprint density at radius 3 is 3.00 bits per heavy atom. The lowest BCUT2D eigenvalue weighted by molar-refractivity contribution is 0.720. The number of aromatic amines is 1. The molecule has 0 bridgehead atoms. The molecule has 1 N–H and O–H groups in total. The molecule has 0 aliphatic carbocycles. The van der Waals surface area contributed by atoms with E-state index in [0.29, 0.717) is 22.5 Å². The number of hydrogen-bond acceptors (Lipinski definition) is 3. The number of benzene rings is 1. The minimum Gasteiger partial charge on any atom is -0.291 e. The van der Waals surface area contributed by atoms with Crippen molar-refractivity contribution < 1.29 is 0 Å². The topological polar surface area (TPSA) is 54.9 Å². The van der Waals surface area contributed by atoms with Crippen molar-refractivity contribution in [2.75, 3.05) is 5.75 Å². The SMILES string of the molecule is O=c1[nH]c(=O)n2c3c(c(Br)c(Cl)cc13)SCC2. The van der Waals surface area contributed by atoms with Crippen molar-refractivity contribution in [3.05, 3.63) is 36.4 Å². The van der Waals surface area contributed by atoms with Crippen LogP contribution >= 0.6 is 39.3 Å². The Labute approximate surface area is 113 Å². The fourth-order valence-electron chi connectivity index (χ4n) is 1.95. The number of H-pyrrole nitrogens is 1. The molecule has 0 saturated heterocycles. The third kappa shape index (κ3) is 1.58. The molecule has 0 unspecified atom stereocenters. The normalized spacial score (nSPS) is 14.2. The standard InChI is InChI=1S/C10H6BrClN2O2S/c11-6-5(12)3-4-7-8(6)17-2-1-14(7)10(16)13-9(4)15/h3H,1-2H2,(H,13,15,16). The summed E-state index contributed by atoms with van der Waals surface area (Å²) in [4.78, 5) is 26.6. The summed E-state index contributed by atoms with van der Waals surface area (Å²) in [5.74, 6) is 0.785. The Bertz CT molecular complexity index is 753. The van der Waals surface area contributed by atoms with Gasteiger partial charge < -0.3 is 0 Å². The molecule has 7 heteroatoms. The molecule has 0 atom stereocenters. The predicted molar refractivity (Wildman–Crippen MR) is 72.3 cm³/mol.